The molecule has 0 atom stereocenters. The zero-order valence-electron chi connectivity index (χ0n) is 37.6. The number of para-hydroxylation sites is 2. The molecule has 12 aromatic carbocycles. The van der Waals surface area contributed by atoms with Gasteiger partial charge in [-0.2, -0.15) is 0 Å². The number of anilines is 3. The minimum Gasteiger partial charge on any atom is -0.310 e. The highest BCUT2D eigenvalue weighted by atomic mass is 15.1. The molecule has 2 aliphatic carbocycles. The van der Waals surface area contributed by atoms with E-state index in [1.54, 1.807) is 0 Å². The second-order valence-electron chi connectivity index (χ2n) is 18.7. The molecule has 1 spiro atoms. The van der Waals surface area contributed by atoms with Crippen LogP contribution in [0.2, 0.25) is 0 Å². The van der Waals surface area contributed by atoms with Gasteiger partial charge in [0.2, 0.25) is 0 Å². The highest BCUT2D eigenvalue weighted by Gasteiger charge is 2.52. The van der Waals surface area contributed by atoms with Crippen LogP contribution in [0.4, 0.5) is 17.1 Å². The summed E-state index contributed by atoms with van der Waals surface area (Å²) in [6.45, 7) is 0. The summed E-state index contributed by atoms with van der Waals surface area (Å²) in [7, 11) is 0. The first kappa shape index (κ1) is 38.2. The van der Waals surface area contributed by atoms with Gasteiger partial charge in [-0.05, 0) is 137 Å². The Labute approximate surface area is 400 Å². The van der Waals surface area contributed by atoms with Crippen LogP contribution in [0.25, 0.3) is 93.2 Å². The molecular weight excluding hydrogens is 833 g/mol. The van der Waals surface area contributed by atoms with Gasteiger partial charge < -0.3 is 9.47 Å². The Balaban J connectivity index is 0.986. The molecule has 13 aromatic rings. The molecule has 2 nitrogen and oxygen atoms in total. The monoisotopic (exact) mass is 874 g/mol. The summed E-state index contributed by atoms with van der Waals surface area (Å²) in [6.07, 6.45) is 0. The first-order chi connectivity index (χ1) is 34.3. The van der Waals surface area contributed by atoms with Gasteiger partial charge in [0.05, 0.1) is 22.1 Å². The molecule has 0 saturated carbocycles. The fraction of sp³-hybridized carbons (Fsp3) is 0.0149. The van der Waals surface area contributed by atoms with E-state index in [0.717, 1.165) is 22.7 Å². The van der Waals surface area contributed by atoms with Crippen LogP contribution in [0.3, 0.4) is 0 Å². The molecule has 0 radical (unpaired) electrons. The van der Waals surface area contributed by atoms with E-state index in [4.69, 9.17) is 0 Å². The fourth-order valence-corrected chi connectivity index (χ4v) is 12.7. The highest BCUT2D eigenvalue weighted by molar-refractivity contribution is 6.26. The van der Waals surface area contributed by atoms with Crippen molar-refractivity contribution in [3.05, 3.63) is 277 Å². The molecule has 0 N–H and O–H groups in total. The summed E-state index contributed by atoms with van der Waals surface area (Å²) in [4.78, 5) is 2.52. The zero-order valence-corrected chi connectivity index (χ0v) is 37.6. The first-order valence-corrected chi connectivity index (χ1v) is 24.0. The lowest BCUT2D eigenvalue weighted by molar-refractivity contribution is 0.794. The summed E-state index contributed by atoms with van der Waals surface area (Å²) >= 11 is 0. The van der Waals surface area contributed by atoms with Gasteiger partial charge in [0, 0.05) is 33.4 Å². The van der Waals surface area contributed by atoms with E-state index in [-0.39, 0.29) is 0 Å². The van der Waals surface area contributed by atoms with Crippen LogP contribution in [0.1, 0.15) is 22.3 Å². The van der Waals surface area contributed by atoms with Gasteiger partial charge in [-0.1, -0.05) is 200 Å². The Morgan fingerprint density at radius 2 is 0.783 bits per heavy atom. The van der Waals surface area contributed by atoms with Gasteiger partial charge >= 0.3 is 0 Å². The largest absolute Gasteiger partial charge is 0.310 e. The molecule has 0 unspecified atom stereocenters. The Kier molecular flexibility index (Phi) is 8.02. The molecule has 1 heterocycles. The van der Waals surface area contributed by atoms with Gasteiger partial charge in [0.25, 0.3) is 0 Å². The van der Waals surface area contributed by atoms with Crippen LogP contribution in [0.5, 0.6) is 0 Å². The van der Waals surface area contributed by atoms with E-state index in [1.165, 1.54) is 110 Å². The van der Waals surface area contributed by atoms with E-state index < -0.39 is 5.41 Å². The molecule has 0 bridgehead atoms. The number of hydrogen-bond donors (Lipinski definition) is 0. The molecule has 1 aromatic heterocycles. The average Bonchev–Trinajstić information content (AvgIpc) is 4.04. The molecule has 2 aliphatic rings. The van der Waals surface area contributed by atoms with Crippen molar-refractivity contribution in [2.75, 3.05) is 4.90 Å². The van der Waals surface area contributed by atoms with Gasteiger partial charge in [-0.15, -0.1) is 0 Å². The molecule has 15 rings (SSSR count). The molecular formula is C67H42N2. The van der Waals surface area contributed by atoms with Crippen LogP contribution in [0.15, 0.2) is 255 Å². The topological polar surface area (TPSA) is 8.17 Å². The molecule has 0 saturated heterocycles. The number of benzene rings is 12. The summed E-state index contributed by atoms with van der Waals surface area (Å²) in [5.74, 6) is 0. The lowest BCUT2D eigenvalue weighted by Gasteiger charge is -2.32. The van der Waals surface area contributed by atoms with E-state index >= 15 is 0 Å². The van der Waals surface area contributed by atoms with Crippen LogP contribution in [-0.4, -0.2) is 4.57 Å². The minimum absolute atomic E-state index is 0.458. The second-order valence-corrected chi connectivity index (χ2v) is 18.7. The predicted octanol–water partition coefficient (Wildman–Crippen LogP) is 17.7. The predicted molar refractivity (Wildman–Crippen MR) is 290 cm³/mol. The lowest BCUT2D eigenvalue weighted by atomic mass is 9.70. The Morgan fingerprint density at radius 1 is 0.304 bits per heavy atom. The van der Waals surface area contributed by atoms with Crippen LogP contribution < -0.4 is 4.90 Å². The third-order valence-electron chi connectivity index (χ3n) is 15.4. The normalized spacial score (nSPS) is 13.0. The number of rotatable bonds is 5. The van der Waals surface area contributed by atoms with Crippen molar-refractivity contribution in [3.8, 4) is 39.1 Å². The molecule has 0 amide bonds. The standard InChI is InChI=1S/C67H42N2/c1-2-18-44(19-3-1)69-62-33-15-11-27-56(62)65-47(28-16-34-63(65)69)43-36-38-45(39-37-43)68(46-40-41-52-50-22-5-4-20-48(50)49-21-6-7-23-51(49)57(52)42-46)64-35-17-32-61-66(64)55-26-10-14-31-60(55)67(61)58-29-12-8-24-53(58)54-25-9-13-30-59(54)67/h1-42H. The fourth-order valence-electron chi connectivity index (χ4n) is 12.7. The van der Waals surface area contributed by atoms with Crippen LogP contribution >= 0.6 is 0 Å². The van der Waals surface area contributed by atoms with Gasteiger partial charge in [0.15, 0.2) is 0 Å². The molecule has 0 fully saturated rings. The van der Waals surface area contributed by atoms with Crippen molar-refractivity contribution in [2.45, 2.75) is 5.41 Å². The van der Waals surface area contributed by atoms with E-state index in [0.29, 0.717) is 0 Å². The maximum Gasteiger partial charge on any atom is 0.0726 e. The van der Waals surface area contributed by atoms with Crippen LogP contribution in [-0.2, 0) is 5.41 Å². The molecule has 320 valence electrons. The third-order valence-corrected chi connectivity index (χ3v) is 15.4. The SMILES string of the molecule is c1ccc(-n2c3ccccc3c3c(-c4ccc(N(c5ccc6c7ccccc7c7ccccc7c6c5)c5cccc6c5-c5ccccc5C65c6ccccc6-c6ccccc65)cc4)cccc32)cc1. The number of fused-ring (bicyclic) bond motifs is 19. The summed E-state index contributed by atoms with van der Waals surface area (Å²) < 4.78 is 2.40. The average molecular weight is 875 g/mol. The van der Waals surface area contributed by atoms with E-state index in [1.807, 2.05) is 0 Å². The van der Waals surface area contributed by atoms with E-state index in [2.05, 4.69) is 264 Å². The third kappa shape index (κ3) is 5.20. The van der Waals surface area contributed by atoms with Crippen molar-refractivity contribution in [3.63, 3.8) is 0 Å². The minimum atomic E-state index is -0.458. The number of hydrogen-bond acceptors (Lipinski definition) is 1. The van der Waals surface area contributed by atoms with Crippen molar-refractivity contribution in [1.82, 2.24) is 4.57 Å². The molecule has 2 heteroatoms. The number of aromatic nitrogens is 1. The van der Waals surface area contributed by atoms with Gasteiger partial charge in [-0.25, -0.2) is 0 Å². The number of nitrogens with zero attached hydrogens (tertiary/aromatic N) is 2. The van der Waals surface area contributed by atoms with Crippen molar-refractivity contribution >= 4 is 71.2 Å². The van der Waals surface area contributed by atoms with Crippen LogP contribution in [0, 0.1) is 0 Å². The Morgan fingerprint density at radius 3 is 1.46 bits per heavy atom. The summed E-state index contributed by atoms with van der Waals surface area (Å²) in [5.41, 5.74) is 19.4. The zero-order chi connectivity index (χ0) is 45.2. The highest BCUT2D eigenvalue weighted by Crippen LogP contribution is 2.64. The first-order valence-electron chi connectivity index (χ1n) is 24.0. The van der Waals surface area contributed by atoms with E-state index in [9.17, 15) is 0 Å². The molecule has 0 aliphatic heterocycles. The smallest absolute Gasteiger partial charge is 0.0726 e. The van der Waals surface area contributed by atoms with Crippen molar-refractivity contribution in [2.24, 2.45) is 0 Å². The maximum atomic E-state index is 2.52. The second kappa shape index (κ2) is 14.5. The summed E-state index contributed by atoms with van der Waals surface area (Å²) in [5, 5.41) is 10.1. The van der Waals surface area contributed by atoms with Crippen molar-refractivity contribution < 1.29 is 0 Å². The Bertz CT molecular complexity index is 4170. The lowest BCUT2D eigenvalue weighted by Crippen LogP contribution is -2.26. The molecule has 69 heavy (non-hydrogen) atoms. The van der Waals surface area contributed by atoms with Gasteiger partial charge in [-0.3, -0.25) is 0 Å². The Hall–Kier alpha value is -8.98. The quantitative estimate of drug-likeness (QED) is 0.156. The maximum absolute atomic E-state index is 2.52. The van der Waals surface area contributed by atoms with Gasteiger partial charge in [0.1, 0.15) is 0 Å². The summed E-state index contributed by atoms with van der Waals surface area (Å²) in [6, 6.07) is 94.9. The van der Waals surface area contributed by atoms with Crippen molar-refractivity contribution in [1.29, 1.82) is 0 Å².